The summed E-state index contributed by atoms with van der Waals surface area (Å²) in [6.45, 7) is 11.1. The standard InChI is InChI=1S/C31H46N6O7.C5H9NO5/c1-6-7-14-29(38)35(23(4)22(2)3)21-25-15-17-26(18-16-25)27-12-8-9-13-28(27)30(32)34-36(33)24(5)44-31(39)42-19-10-11-20-43-37(40)41;7-5-10-3-1-2-4-11-6(8)9/h8-9,12-13,15-18,22-24H,6-7,10-11,14,19-21,33H2,1-5H3,(H2,32,34);5H,1-4H2. The third-order valence-corrected chi connectivity index (χ3v) is 8.08. The minimum atomic E-state index is -0.999. The number of hydrogen-bond acceptors (Lipinski definition) is 15. The van der Waals surface area contributed by atoms with E-state index in [4.69, 9.17) is 21.1 Å². The Bertz CT molecular complexity index is 1490. The zero-order valence-corrected chi connectivity index (χ0v) is 32.2. The first kappa shape index (κ1) is 47.3. The molecule has 306 valence electrons. The van der Waals surface area contributed by atoms with E-state index in [-0.39, 0.29) is 44.2 Å². The van der Waals surface area contributed by atoms with Crippen LogP contribution in [-0.2, 0) is 40.0 Å². The molecule has 2 atom stereocenters. The predicted molar refractivity (Wildman–Crippen MR) is 201 cm³/mol. The van der Waals surface area contributed by atoms with Crippen molar-refractivity contribution in [2.45, 2.75) is 98.4 Å². The fraction of sp³-hybridized carbons (Fsp3) is 0.556. The van der Waals surface area contributed by atoms with Crippen molar-refractivity contribution in [1.82, 2.24) is 10.0 Å². The molecular weight excluding hydrogens is 722 g/mol. The van der Waals surface area contributed by atoms with Gasteiger partial charge in [-0.25, -0.2) is 10.6 Å². The Kier molecular flexibility index (Phi) is 23.2. The second-order valence-electron chi connectivity index (χ2n) is 12.5. The van der Waals surface area contributed by atoms with Gasteiger partial charge in [0.1, 0.15) is 0 Å². The van der Waals surface area contributed by atoms with Crippen molar-refractivity contribution in [2.24, 2.45) is 22.6 Å². The van der Waals surface area contributed by atoms with Crippen molar-refractivity contribution in [3.05, 3.63) is 79.9 Å². The highest BCUT2D eigenvalue weighted by molar-refractivity contribution is 6.03. The Hall–Kier alpha value is -5.72. The third kappa shape index (κ3) is 19.8. The van der Waals surface area contributed by atoms with E-state index in [9.17, 15) is 34.6 Å². The molecule has 0 spiro atoms. The van der Waals surface area contributed by atoms with Gasteiger partial charge < -0.3 is 34.5 Å². The van der Waals surface area contributed by atoms with Crippen molar-refractivity contribution < 1.29 is 48.4 Å². The van der Waals surface area contributed by atoms with E-state index in [0.717, 1.165) is 34.6 Å². The van der Waals surface area contributed by atoms with E-state index in [2.05, 4.69) is 47.2 Å². The monoisotopic (exact) mass is 777 g/mol. The molecule has 0 aliphatic carbocycles. The van der Waals surface area contributed by atoms with Crippen LogP contribution in [0, 0.1) is 26.1 Å². The molecule has 0 saturated heterocycles. The number of amidine groups is 1. The summed E-state index contributed by atoms with van der Waals surface area (Å²) in [6.07, 6.45) is 2.21. The smallest absolute Gasteiger partial charge is 0.468 e. The van der Waals surface area contributed by atoms with Gasteiger partial charge in [-0.3, -0.25) is 9.59 Å². The third-order valence-electron chi connectivity index (χ3n) is 8.08. The Balaban J connectivity index is 0.00000119. The summed E-state index contributed by atoms with van der Waals surface area (Å²) < 4.78 is 14.4. The number of carbonyl (C=O) groups is 3. The molecule has 2 aromatic rings. The van der Waals surface area contributed by atoms with Gasteiger partial charge in [0.25, 0.3) is 16.6 Å². The van der Waals surface area contributed by atoms with Crippen LogP contribution in [-0.4, -0.2) is 83.3 Å². The Morgan fingerprint density at radius 2 is 1.45 bits per heavy atom. The zero-order valence-electron chi connectivity index (χ0n) is 32.2. The van der Waals surface area contributed by atoms with Crippen molar-refractivity contribution in [3.8, 4) is 11.1 Å². The van der Waals surface area contributed by atoms with E-state index in [1.807, 2.05) is 53.4 Å². The number of nitrogens with two attached hydrogens (primary N) is 2. The first-order chi connectivity index (χ1) is 26.2. The van der Waals surface area contributed by atoms with Crippen LogP contribution in [0.4, 0.5) is 4.79 Å². The number of hydrazine groups is 1. The highest BCUT2D eigenvalue weighted by Crippen LogP contribution is 2.25. The quantitative estimate of drug-likeness (QED) is 0.0148. The summed E-state index contributed by atoms with van der Waals surface area (Å²) in [5, 5.41) is 23.1. The maximum absolute atomic E-state index is 13.0. The maximum atomic E-state index is 13.0. The topological polar surface area (TPSA) is 255 Å². The molecule has 0 aliphatic rings. The fourth-order valence-electron chi connectivity index (χ4n) is 4.70. The molecule has 19 heteroatoms. The number of nitrogens with zero attached hydrogens (tertiary/aromatic N) is 5. The molecule has 0 heterocycles. The van der Waals surface area contributed by atoms with E-state index in [1.165, 1.54) is 6.92 Å². The predicted octanol–water partition coefficient (Wildman–Crippen LogP) is 5.35. The summed E-state index contributed by atoms with van der Waals surface area (Å²) in [5.41, 5.74) is 9.73. The van der Waals surface area contributed by atoms with E-state index >= 15 is 0 Å². The van der Waals surface area contributed by atoms with E-state index in [1.54, 1.807) is 0 Å². The van der Waals surface area contributed by atoms with Crippen LogP contribution in [0.1, 0.15) is 90.7 Å². The summed E-state index contributed by atoms with van der Waals surface area (Å²) >= 11 is 0. The number of hydrazone groups is 1. The summed E-state index contributed by atoms with van der Waals surface area (Å²) in [7, 11) is 0. The largest absolute Gasteiger partial charge is 0.510 e. The normalized spacial score (nSPS) is 11.9. The molecule has 2 unspecified atom stereocenters. The molecule has 2 aromatic carbocycles. The Labute approximate surface area is 321 Å². The first-order valence-corrected chi connectivity index (χ1v) is 18.0. The van der Waals surface area contributed by atoms with Gasteiger partial charge in [0.2, 0.25) is 12.1 Å². The molecule has 1 amide bonds. The SMILES string of the molecule is CCCCC(=O)N(Cc1ccc(-c2ccccc2/C(N)=N/N(N)C(C)OC(=O)OCCCCO[N+](=O)[O-])cc1)C(C)C(C)C.O=COCCCCO[N+](=O)[O-]. The average molecular weight is 778 g/mol. The van der Waals surface area contributed by atoms with Crippen molar-refractivity contribution in [1.29, 1.82) is 0 Å². The average Bonchev–Trinajstić information content (AvgIpc) is 3.15. The Morgan fingerprint density at radius 1 is 0.873 bits per heavy atom. The van der Waals surface area contributed by atoms with E-state index < -0.39 is 22.6 Å². The minimum Gasteiger partial charge on any atom is -0.468 e. The van der Waals surface area contributed by atoms with Crippen LogP contribution in [0.3, 0.4) is 0 Å². The number of ether oxygens (including phenoxy) is 3. The maximum Gasteiger partial charge on any atom is 0.510 e. The van der Waals surface area contributed by atoms with Gasteiger partial charge in [-0.2, -0.15) is 5.12 Å². The number of hydrogen-bond donors (Lipinski definition) is 2. The molecule has 0 bridgehead atoms. The zero-order chi connectivity index (χ0) is 41.2. The minimum absolute atomic E-state index is 0.00127. The van der Waals surface area contributed by atoms with E-state index in [0.29, 0.717) is 56.6 Å². The number of amides is 1. The van der Waals surface area contributed by atoms with Gasteiger partial charge in [-0.05, 0) is 68.6 Å². The molecule has 2 rings (SSSR count). The number of benzene rings is 2. The van der Waals surface area contributed by atoms with Crippen LogP contribution in [0.15, 0.2) is 53.6 Å². The molecule has 0 radical (unpaired) electrons. The number of unbranched alkanes of at least 4 members (excludes halogenated alkanes) is 3. The molecule has 55 heavy (non-hydrogen) atoms. The van der Waals surface area contributed by atoms with Crippen molar-refractivity contribution in [3.63, 3.8) is 0 Å². The molecule has 0 fully saturated rings. The molecule has 19 nitrogen and oxygen atoms in total. The molecule has 4 N–H and O–H groups in total. The molecule has 0 saturated carbocycles. The second kappa shape index (κ2) is 27.0. The Morgan fingerprint density at radius 3 is 2.02 bits per heavy atom. The van der Waals surface area contributed by atoms with Crippen LogP contribution >= 0.6 is 0 Å². The van der Waals surface area contributed by atoms with Gasteiger partial charge >= 0.3 is 6.16 Å². The fourth-order valence-corrected chi connectivity index (χ4v) is 4.70. The molecule has 0 aromatic heterocycles. The van der Waals surface area contributed by atoms with Crippen LogP contribution in [0.2, 0.25) is 0 Å². The lowest BCUT2D eigenvalue weighted by Gasteiger charge is -2.32. The summed E-state index contributed by atoms with van der Waals surface area (Å²) in [6, 6.07) is 15.6. The lowest BCUT2D eigenvalue weighted by molar-refractivity contribution is -0.757. The number of carbonyl (C=O) groups excluding carboxylic acids is 3. The van der Waals surface area contributed by atoms with Crippen molar-refractivity contribution >= 4 is 24.4 Å². The highest BCUT2D eigenvalue weighted by atomic mass is 17.0. The van der Waals surface area contributed by atoms with Crippen LogP contribution in [0.25, 0.3) is 11.1 Å². The number of rotatable bonds is 25. The van der Waals surface area contributed by atoms with Gasteiger partial charge in [-0.15, -0.1) is 25.3 Å². The summed E-state index contributed by atoms with van der Waals surface area (Å²) in [4.78, 5) is 64.4. The summed E-state index contributed by atoms with van der Waals surface area (Å²) in [5.74, 6) is 6.62. The van der Waals surface area contributed by atoms with Crippen LogP contribution in [0.5, 0.6) is 0 Å². The molecule has 0 aliphatic heterocycles. The van der Waals surface area contributed by atoms with Gasteiger partial charge in [0, 0.05) is 24.6 Å². The highest BCUT2D eigenvalue weighted by Gasteiger charge is 2.23. The van der Waals surface area contributed by atoms with Crippen LogP contribution < -0.4 is 11.6 Å². The lowest BCUT2D eigenvalue weighted by atomic mass is 9.97. The van der Waals surface area contributed by atoms with Gasteiger partial charge in [-0.1, -0.05) is 75.7 Å². The van der Waals surface area contributed by atoms with Gasteiger partial charge in [0.05, 0.1) is 26.4 Å². The second-order valence-corrected chi connectivity index (χ2v) is 12.5. The van der Waals surface area contributed by atoms with Gasteiger partial charge in [0.15, 0.2) is 5.84 Å². The molecular formula is C36H55N7O12. The van der Waals surface area contributed by atoms with Crippen molar-refractivity contribution in [2.75, 3.05) is 26.4 Å². The first-order valence-electron chi connectivity index (χ1n) is 18.0. The lowest BCUT2D eigenvalue weighted by Crippen LogP contribution is -2.40.